The fraction of sp³-hybridized carbons (Fsp3) is 0.240. The number of thioether (sulfide) groups is 1. The summed E-state index contributed by atoms with van der Waals surface area (Å²) in [6.45, 7) is 5.06. The minimum atomic E-state index is -0.206. The minimum Gasteiger partial charge on any atom is -0.352 e. The van der Waals surface area contributed by atoms with Gasteiger partial charge in [0.1, 0.15) is 5.03 Å². The Morgan fingerprint density at radius 3 is 2.64 bits per heavy atom. The van der Waals surface area contributed by atoms with Crippen molar-refractivity contribution in [2.45, 2.75) is 25.3 Å². The lowest BCUT2D eigenvalue weighted by atomic mass is 10.1. The third kappa shape index (κ3) is 5.49. The molecule has 1 aliphatic heterocycles. The van der Waals surface area contributed by atoms with E-state index in [-0.39, 0.29) is 11.9 Å². The number of amides is 3. The van der Waals surface area contributed by atoms with E-state index in [1.54, 1.807) is 40.9 Å². The number of carbonyl (C=O) groups is 2. The summed E-state index contributed by atoms with van der Waals surface area (Å²) in [7, 11) is 0. The largest absolute Gasteiger partial charge is 0.352 e. The molecule has 3 amide bonds. The highest BCUT2D eigenvalue weighted by Crippen LogP contribution is 2.36. The van der Waals surface area contributed by atoms with Crippen LogP contribution >= 0.6 is 23.4 Å². The average molecular weight is 481 g/mol. The van der Waals surface area contributed by atoms with Gasteiger partial charge < -0.3 is 10.6 Å². The van der Waals surface area contributed by atoms with Gasteiger partial charge in [-0.2, -0.15) is 0 Å². The zero-order valence-electron chi connectivity index (χ0n) is 18.5. The number of aromatic nitrogens is 1. The lowest BCUT2D eigenvalue weighted by Gasteiger charge is -2.30. The molecule has 0 aliphatic carbocycles. The molecule has 0 atom stereocenters. The maximum absolute atomic E-state index is 13.0. The standard InChI is InChI=1S/C25H25ClN4O2S/c1-16-15-17(2)28-24-22(16)30(13-14-33-24)25(32)29-20-9-7-19(8-10-20)23(31)27-12-11-18-5-3-4-6-21(18)26/h3-10,15H,11-14H2,1-2H3,(H,27,31)(H,29,32). The van der Waals surface area contributed by atoms with Crippen molar-refractivity contribution in [3.05, 3.63) is 82.0 Å². The number of rotatable bonds is 5. The molecule has 0 fully saturated rings. The van der Waals surface area contributed by atoms with E-state index in [2.05, 4.69) is 15.6 Å². The summed E-state index contributed by atoms with van der Waals surface area (Å²) in [4.78, 5) is 31.8. The number of pyridine rings is 1. The van der Waals surface area contributed by atoms with Gasteiger partial charge in [-0.05, 0) is 67.8 Å². The molecule has 33 heavy (non-hydrogen) atoms. The number of nitrogens with one attached hydrogen (secondary N) is 2. The second-order valence-electron chi connectivity index (χ2n) is 7.84. The summed E-state index contributed by atoms with van der Waals surface area (Å²) < 4.78 is 0. The highest BCUT2D eigenvalue weighted by molar-refractivity contribution is 7.99. The molecule has 1 aliphatic rings. The van der Waals surface area contributed by atoms with E-state index in [0.717, 1.165) is 33.3 Å². The SMILES string of the molecule is Cc1cc(C)c2c(n1)SCCN2C(=O)Nc1ccc(C(=O)NCCc2ccccc2Cl)cc1. The third-order valence-corrected chi connectivity index (χ3v) is 6.70. The van der Waals surface area contributed by atoms with Crippen LogP contribution in [0, 0.1) is 13.8 Å². The topological polar surface area (TPSA) is 74.3 Å². The molecule has 3 aromatic rings. The van der Waals surface area contributed by atoms with Crippen LogP contribution in [0.1, 0.15) is 27.2 Å². The Morgan fingerprint density at radius 2 is 1.88 bits per heavy atom. The van der Waals surface area contributed by atoms with Gasteiger partial charge in [0.05, 0.1) is 5.69 Å². The van der Waals surface area contributed by atoms with Crippen LogP contribution in [0.25, 0.3) is 0 Å². The van der Waals surface area contributed by atoms with E-state index in [1.807, 2.05) is 44.2 Å². The maximum Gasteiger partial charge on any atom is 0.326 e. The Balaban J connectivity index is 1.36. The van der Waals surface area contributed by atoms with Crippen molar-refractivity contribution in [1.82, 2.24) is 10.3 Å². The van der Waals surface area contributed by atoms with Gasteiger partial charge in [0.15, 0.2) is 0 Å². The fourth-order valence-corrected chi connectivity index (χ4v) is 5.10. The van der Waals surface area contributed by atoms with Crippen LogP contribution in [-0.2, 0) is 6.42 Å². The van der Waals surface area contributed by atoms with Gasteiger partial charge in [0, 0.05) is 40.8 Å². The molecule has 6 nitrogen and oxygen atoms in total. The number of hydrogen-bond acceptors (Lipinski definition) is 4. The molecule has 0 bridgehead atoms. The molecule has 0 saturated heterocycles. The van der Waals surface area contributed by atoms with Crippen molar-refractivity contribution < 1.29 is 9.59 Å². The van der Waals surface area contributed by atoms with E-state index >= 15 is 0 Å². The predicted molar refractivity (Wildman–Crippen MR) is 135 cm³/mol. The lowest BCUT2D eigenvalue weighted by Crippen LogP contribution is -2.39. The Kier molecular flexibility index (Phi) is 7.20. The average Bonchev–Trinajstić information content (AvgIpc) is 2.80. The molecule has 0 spiro atoms. The molecule has 2 heterocycles. The van der Waals surface area contributed by atoms with Crippen molar-refractivity contribution >= 4 is 46.7 Å². The second kappa shape index (κ2) is 10.3. The highest BCUT2D eigenvalue weighted by atomic mass is 35.5. The Bertz CT molecular complexity index is 1180. The normalized spacial score (nSPS) is 12.8. The summed E-state index contributed by atoms with van der Waals surface area (Å²) >= 11 is 7.83. The second-order valence-corrected chi connectivity index (χ2v) is 9.33. The van der Waals surface area contributed by atoms with Gasteiger partial charge in [0.2, 0.25) is 0 Å². The monoisotopic (exact) mass is 480 g/mol. The van der Waals surface area contributed by atoms with Gasteiger partial charge in [-0.25, -0.2) is 9.78 Å². The van der Waals surface area contributed by atoms with Crippen molar-refractivity contribution in [2.75, 3.05) is 29.1 Å². The van der Waals surface area contributed by atoms with Crippen molar-refractivity contribution in [1.29, 1.82) is 0 Å². The Hall–Kier alpha value is -3.03. The number of hydrogen-bond donors (Lipinski definition) is 2. The van der Waals surface area contributed by atoms with Crippen LogP contribution in [0.2, 0.25) is 5.02 Å². The highest BCUT2D eigenvalue weighted by Gasteiger charge is 2.26. The molecule has 1 aromatic heterocycles. The molecular formula is C25H25ClN4O2S. The smallest absolute Gasteiger partial charge is 0.326 e. The zero-order valence-corrected chi connectivity index (χ0v) is 20.1. The molecule has 4 rings (SSSR count). The molecule has 2 aromatic carbocycles. The Labute approximate surface area is 202 Å². The third-order valence-electron chi connectivity index (χ3n) is 5.38. The first-order chi connectivity index (χ1) is 15.9. The number of urea groups is 1. The van der Waals surface area contributed by atoms with Gasteiger partial charge in [-0.15, -0.1) is 11.8 Å². The number of carbonyl (C=O) groups excluding carboxylic acids is 2. The quantitative estimate of drug-likeness (QED) is 0.508. The predicted octanol–water partition coefficient (Wildman–Crippen LogP) is 5.47. The molecule has 0 saturated carbocycles. The first kappa shape index (κ1) is 23.1. The molecule has 8 heteroatoms. The number of anilines is 2. The zero-order chi connectivity index (χ0) is 23.4. The van der Waals surface area contributed by atoms with Gasteiger partial charge >= 0.3 is 6.03 Å². The van der Waals surface area contributed by atoms with Gasteiger partial charge in [-0.1, -0.05) is 29.8 Å². The van der Waals surface area contributed by atoms with Crippen LogP contribution < -0.4 is 15.5 Å². The van der Waals surface area contributed by atoms with E-state index in [1.165, 1.54) is 0 Å². The maximum atomic E-state index is 13.0. The first-order valence-corrected chi connectivity index (χ1v) is 12.1. The molecule has 170 valence electrons. The van der Waals surface area contributed by atoms with Crippen molar-refractivity contribution in [3.8, 4) is 0 Å². The summed E-state index contributed by atoms with van der Waals surface area (Å²) in [6.07, 6.45) is 0.656. The summed E-state index contributed by atoms with van der Waals surface area (Å²) in [6, 6.07) is 16.3. The Morgan fingerprint density at radius 1 is 1.12 bits per heavy atom. The van der Waals surface area contributed by atoms with Gasteiger partial charge in [0.25, 0.3) is 5.91 Å². The van der Waals surface area contributed by atoms with E-state index < -0.39 is 0 Å². The summed E-state index contributed by atoms with van der Waals surface area (Å²) in [5, 5.41) is 7.42. The van der Waals surface area contributed by atoms with E-state index in [4.69, 9.17) is 11.6 Å². The van der Waals surface area contributed by atoms with E-state index in [9.17, 15) is 9.59 Å². The van der Waals surface area contributed by atoms with Crippen molar-refractivity contribution in [3.63, 3.8) is 0 Å². The van der Waals surface area contributed by atoms with E-state index in [0.29, 0.717) is 35.8 Å². The van der Waals surface area contributed by atoms with Gasteiger partial charge in [-0.3, -0.25) is 9.69 Å². The lowest BCUT2D eigenvalue weighted by molar-refractivity contribution is 0.0954. The van der Waals surface area contributed by atoms with Crippen LogP contribution in [0.3, 0.4) is 0 Å². The fourth-order valence-electron chi connectivity index (χ4n) is 3.78. The van der Waals surface area contributed by atoms with Crippen molar-refractivity contribution in [2.24, 2.45) is 0 Å². The number of fused-ring (bicyclic) bond motifs is 1. The number of aryl methyl sites for hydroxylation is 2. The molecule has 0 radical (unpaired) electrons. The molecular weight excluding hydrogens is 456 g/mol. The van der Waals surface area contributed by atoms with Crippen LogP contribution in [0.15, 0.2) is 59.6 Å². The molecule has 0 unspecified atom stereocenters. The summed E-state index contributed by atoms with van der Waals surface area (Å²) in [5.74, 6) is 0.628. The number of halogens is 1. The first-order valence-electron chi connectivity index (χ1n) is 10.7. The van der Waals surface area contributed by atoms with Crippen LogP contribution in [-0.4, -0.2) is 35.8 Å². The number of nitrogens with zero attached hydrogens (tertiary/aromatic N) is 2. The van der Waals surface area contributed by atoms with Crippen LogP contribution in [0.5, 0.6) is 0 Å². The minimum absolute atomic E-state index is 0.168. The van der Waals surface area contributed by atoms with Crippen LogP contribution in [0.4, 0.5) is 16.2 Å². The molecule has 2 N–H and O–H groups in total. The number of benzene rings is 2. The summed E-state index contributed by atoms with van der Waals surface area (Å²) in [5.41, 5.74) is 5.00.